The summed E-state index contributed by atoms with van der Waals surface area (Å²) >= 11 is 1.67. The van der Waals surface area contributed by atoms with Gasteiger partial charge in [0.25, 0.3) is 0 Å². The largest absolute Gasteiger partial charge is 0.453 e. The molecule has 17 heteroatoms. The Bertz CT molecular complexity index is 2090. The topological polar surface area (TPSA) is 184 Å². The number of thioether (sulfide) groups is 1. The number of carbonyl (C=O) groups is 4. The van der Waals surface area contributed by atoms with Crippen molar-refractivity contribution in [2.75, 3.05) is 40.7 Å². The summed E-state index contributed by atoms with van der Waals surface area (Å²) in [5.74, 6) is 0.150. The van der Waals surface area contributed by atoms with Crippen LogP contribution in [0, 0.1) is 11.7 Å². The second-order valence-corrected chi connectivity index (χ2v) is 16.0. The number of rotatable bonds is 13. The number of alkyl carbamates (subject to hydrolysis) is 2. The van der Waals surface area contributed by atoms with E-state index in [-0.39, 0.29) is 35.1 Å². The van der Waals surface area contributed by atoms with Crippen LogP contribution in [0.2, 0.25) is 0 Å². The van der Waals surface area contributed by atoms with E-state index in [0.29, 0.717) is 60.0 Å². The van der Waals surface area contributed by atoms with Crippen LogP contribution in [0.5, 0.6) is 0 Å². The van der Waals surface area contributed by atoms with Crippen LogP contribution in [0.1, 0.15) is 63.8 Å². The molecule has 0 bridgehead atoms. The van der Waals surface area contributed by atoms with E-state index in [4.69, 9.17) is 14.2 Å². The van der Waals surface area contributed by atoms with Crippen LogP contribution >= 0.6 is 11.8 Å². The molecule has 2 aliphatic rings. The molecule has 6 rings (SSSR count). The van der Waals surface area contributed by atoms with Crippen molar-refractivity contribution in [1.29, 1.82) is 0 Å². The molecule has 2 aliphatic heterocycles. The normalized spacial score (nSPS) is 19.5. The van der Waals surface area contributed by atoms with E-state index in [1.807, 2.05) is 50.4 Å². The van der Waals surface area contributed by atoms with Crippen LogP contribution in [0.4, 0.5) is 14.0 Å². The molecule has 15 nitrogen and oxygen atoms in total. The zero-order chi connectivity index (χ0) is 41.7. The van der Waals surface area contributed by atoms with Crippen molar-refractivity contribution in [3.8, 4) is 33.6 Å². The minimum Gasteiger partial charge on any atom is -0.453 e. The zero-order valence-electron chi connectivity index (χ0n) is 33.7. The predicted octanol–water partition coefficient (Wildman–Crippen LogP) is 6.08. The van der Waals surface area contributed by atoms with Crippen LogP contribution < -0.4 is 10.6 Å². The molecule has 4 heterocycles. The Hall–Kier alpha value is -5.42. The Morgan fingerprint density at radius 2 is 1.38 bits per heavy atom. The number of halogens is 1. The fourth-order valence-electron chi connectivity index (χ4n) is 7.60. The molecule has 4 aromatic rings. The first-order valence-corrected chi connectivity index (χ1v) is 20.5. The van der Waals surface area contributed by atoms with Crippen molar-refractivity contribution in [1.82, 2.24) is 40.4 Å². The Morgan fingerprint density at radius 3 is 1.97 bits per heavy atom. The third kappa shape index (κ3) is 8.99. The lowest BCUT2D eigenvalue weighted by Crippen LogP contribution is -2.54. The number of ether oxygens (including phenoxy) is 3. The van der Waals surface area contributed by atoms with Crippen molar-refractivity contribution < 1.29 is 37.8 Å². The first-order valence-electron chi connectivity index (χ1n) is 19.2. The number of H-pyrrole nitrogens is 2. The van der Waals surface area contributed by atoms with Gasteiger partial charge in [0, 0.05) is 36.6 Å². The second-order valence-electron chi connectivity index (χ2n) is 14.8. The van der Waals surface area contributed by atoms with E-state index in [0.717, 1.165) is 17.7 Å². The molecule has 4 amide bonds. The van der Waals surface area contributed by atoms with Gasteiger partial charge in [0.05, 0.1) is 56.2 Å². The van der Waals surface area contributed by atoms with Gasteiger partial charge in [-0.2, -0.15) is 11.8 Å². The number of imidazole rings is 2. The molecule has 0 aliphatic carbocycles. The maximum absolute atomic E-state index is 15.8. The van der Waals surface area contributed by atoms with Crippen molar-refractivity contribution in [3.63, 3.8) is 0 Å². The molecule has 310 valence electrons. The van der Waals surface area contributed by atoms with Gasteiger partial charge in [0.1, 0.15) is 29.5 Å². The van der Waals surface area contributed by atoms with E-state index in [1.165, 1.54) is 27.4 Å². The van der Waals surface area contributed by atoms with Crippen molar-refractivity contribution in [2.24, 2.45) is 5.92 Å². The van der Waals surface area contributed by atoms with E-state index in [9.17, 15) is 19.2 Å². The number of likely N-dealkylation sites (tertiary alicyclic amines) is 2. The molecule has 0 radical (unpaired) electrons. The Labute approximate surface area is 341 Å². The average Bonchev–Trinajstić information content (AvgIpc) is 4.07. The zero-order valence-corrected chi connectivity index (χ0v) is 34.5. The second kappa shape index (κ2) is 18.4. The maximum atomic E-state index is 15.8. The molecule has 2 saturated heterocycles. The summed E-state index contributed by atoms with van der Waals surface area (Å²) in [6.45, 7) is 6.46. The number of aromatic amines is 2. The van der Waals surface area contributed by atoms with Crippen molar-refractivity contribution in [3.05, 3.63) is 72.3 Å². The quantitative estimate of drug-likeness (QED) is 0.123. The highest BCUT2D eigenvalue weighted by atomic mass is 32.2. The minimum absolute atomic E-state index is 0.167. The number of amides is 4. The fraction of sp³-hybridized carbons (Fsp3) is 0.463. The lowest BCUT2D eigenvalue weighted by atomic mass is 10.0. The average molecular weight is 819 g/mol. The van der Waals surface area contributed by atoms with E-state index >= 15 is 4.39 Å². The Morgan fingerprint density at radius 1 is 0.810 bits per heavy atom. The van der Waals surface area contributed by atoms with E-state index < -0.39 is 36.2 Å². The molecule has 58 heavy (non-hydrogen) atoms. The smallest absolute Gasteiger partial charge is 0.407 e. The first-order chi connectivity index (χ1) is 27.9. The van der Waals surface area contributed by atoms with Gasteiger partial charge in [0.15, 0.2) is 0 Å². The highest BCUT2D eigenvalue weighted by Gasteiger charge is 2.42. The van der Waals surface area contributed by atoms with Gasteiger partial charge in [-0.25, -0.2) is 23.9 Å². The lowest BCUT2D eigenvalue weighted by molar-refractivity contribution is -0.137. The first kappa shape index (κ1) is 42.2. The standard InChI is InChI=1S/C41H51FN8O7S/c1-22(2)34(47-40(53)56-5)38(51)50-21-27(58-7)18-33(50)37-44-20-31(46-37)26-14-15-28(29(42)17-26)24-10-12-25(13-11-24)30-19-43-36(45-30)32-9-8-16-49(32)39(52)35(23(3)55-4)48-41(54)57-6/h10-15,17,19-20,22-23,27,32-35H,8-9,16,18,21H2,1-7H3,(H,43,45)(H,44,46)(H,47,53)(H,48,54)/t23-,27+,32+,33+,34+,35+/m1/s1. The van der Waals surface area contributed by atoms with Gasteiger partial charge in [0.2, 0.25) is 11.8 Å². The van der Waals surface area contributed by atoms with Crippen LogP contribution in [-0.4, -0.2) is 118 Å². The van der Waals surface area contributed by atoms with Gasteiger partial charge >= 0.3 is 12.2 Å². The number of nitrogens with one attached hydrogen (secondary N) is 4. The lowest BCUT2D eigenvalue weighted by Gasteiger charge is -2.30. The fourth-order valence-corrected chi connectivity index (χ4v) is 8.28. The Balaban J connectivity index is 1.15. The summed E-state index contributed by atoms with van der Waals surface area (Å²) in [6.07, 6.45) is 5.55. The number of hydrogen-bond donors (Lipinski definition) is 4. The highest BCUT2D eigenvalue weighted by molar-refractivity contribution is 7.99. The van der Waals surface area contributed by atoms with E-state index in [2.05, 4.69) is 30.6 Å². The predicted molar refractivity (Wildman–Crippen MR) is 217 cm³/mol. The van der Waals surface area contributed by atoms with Crippen LogP contribution in [0.3, 0.4) is 0 Å². The molecule has 2 fully saturated rings. The third-order valence-electron chi connectivity index (χ3n) is 11.0. The molecule has 0 unspecified atom stereocenters. The van der Waals surface area contributed by atoms with Gasteiger partial charge in [-0.3, -0.25) is 9.59 Å². The summed E-state index contributed by atoms with van der Waals surface area (Å²) < 4.78 is 30.7. The Kier molecular flexibility index (Phi) is 13.4. The molecule has 0 saturated carbocycles. The van der Waals surface area contributed by atoms with E-state index in [1.54, 1.807) is 46.9 Å². The van der Waals surface area contributed by atoms with Gasteiger partial charge in [-0.15, -0.1) is 0 Å². The van der Waals surface area contributed by atoms with Crippen LogP contribution in [-0.2, 0) is 23.8 Å². The number of carbonyl (C=O) groups excluding carboxylic acids is 4. The number of nitrogens with zero attached hydrogens (tertiary/aromatic N) is 4. The summed E-state index contributed by atoms with van der Waals surface area (Å²) in [4.78, 5) is 70.9. The number of methoxy groups -OCH3 is 3. The molecule has 2 aromatic heterocycles. The molecule has 4 N–H and O–H groups in total. The third-order valence-corrected chi connectivity index (χ3v) is 12.0. The number of benzene rings is 2. The van der Waals surface area contributed by atoms with Gasteiger partial charge < -0.3 is 44.6 Å². The highest BCUT2D eigenvalue weighted by Crippen LogP contribution is 2.38. The molecular formula is C41H51FN8O7S. The molecule has 6 atom stereocenters. The molecule has 0 spiro atoms. The van der Waals surface area contributed by atoms with Crippen LogP contribution in [0.15, 0.2) is 54.9 Å². The summed E-state index contributed by atoms with van der Waals surface area (Å²) in [6, 6.07) is 10.1. The summed E-state index contributed by atoms with van der Waals surface area (Å²) in [7, 11) is 3.98. The number of hydrogen-bond acceptors (Lipinski definition) is 10. The van der Waals surface area contributed by atoms with Gasteiger partial charge in [-0.05, 0) is 55.6 Å². The molecule has 2 aromatic carbocycles. The molecular weight excluding hydrogens is 768 g/mol. The maximum Gasteiger partial charge on any atom is 0.407 e. The van der Waals surface area contributed by atoms with Crippen LogP contribution in [0.25, 0.3) is 33.6 Å². The minimum atomic E-state index is -0.929. The van der Waals surface area contributed by atoms with Crippen molar-refractivity contribution in [2.45, 2.75) is 75.6 Å². The summed E-state index contributed by atoms with van der Waals surface area (Å²) in [5.41, 5.74) is 3.91. The summed E-state index contributed by atoms with van der Waals surface area (Å²) in [5, 5.41) is 5.46. The monoisotopic (exact) mass is 818 g/mol. The van der Waals surface area contributed by atoms with Crippen molar-refractivity contribution >= 4 is 35.8 Å². The number of aromatic nitrogens is 4. The SMILES string of the molecule is COC(=O)N[C@H](C(=O)N1C[C@@H](SC)C[C@H]1c1ncc(-c2ccc(-c3ccc(-c4cnc([C@@H]5CCCN5C(=O)[C@@H](NC(=O)OC)[C@@H](C)OC)[nH]4)cc3)c(F)c2)[nH]1)C(C)C. The van der Waals surface area contributed by atoms with Gasteiger partial charge in [-0.1, -0.05) is 50.2 Å².